The van der Waals surface area contributed by atoms with Crippen molar-refractivity contribution in [2.75, 3.05) is 45.7 Å². The Balaban J connectivity index is 1.61. The molecule has 1 aliphatic rings. The number of carbonyl (C=O) groups excluding carboxylic acids is 2. The van der Waals surface area contributed by atoms with E-state index in [4.69, 9.17) is 4.74 Å². The van der Waals surface area contributed by atoms with Crippen molar-refractivity contribution in [1.82, 2.24) is 14.8 Å². The molecule has 0 unspecified atom stereocenters. The quantitative estimate of drug-likeness (QED) is 0.589. The van der Waals surface area contributed by atoms with E-state index in [0.717, 1.165) is 30.5 Å². The summed E-state index contributed by atoms with van der Waals surface area (Å²) in [6, 6.07) is 7.03. The summed E-state index contributed by atoms with van der Waals surface area (Å²) in [5.74, 6) is -0.302. The molecular weight excluding hydrogens is 469 g/mol. The van der Waals surface area contributed by atoms with Crippen molar-refractivity contribution in [3.63, 3.8) is 0 Å². The number of aromatic nitrogens is 1. The molecule has 3 aromatic rings. The molecule has 1 aliphatic heterocycles. The fourth-order valence-corrected chi connectivity index (χ4v) is 4.86. The Labute approximate surface area is 198 Å². The van der Waals surface area contributed by atoms with Crippen LogP contribution in [-0.4, -0.2) is 66.9 Å². The molecule has 1 saturated heterocycles. The number of hydrogen-bond donors (Lipinski definition) is 1. The predicted octanol–water partition coefficient (Wildman–Crippen LogP) is 4.27. The van der Waals surface area contributed by atoms with Gasteiger partial charge < -0.3 is 19.9 Å². The van der Waals surface area contributed by atoms with E-state index in [-0.39, 0.29) is 15.6 Å². The smallest absolute Gasteiger partial charge is 0.433 e. The number of fused-ring (bicyclic) bond motifs is 1. The summed E-state index contributed by atoms with van der Waals surface area (Å²) in [4.78, 5) is 34.0. The average Bonchev–Trinajstić information content (AvgIpc) is 3.14. The van der Waals surface area contributed by atoms with Crippen molar-refractivity contribution in [2.24, 2.45) is 0 Å². The zero-order valence-electron chi connectivity index (χ0n) is 18.8. The summed E-state index contributed by atoms with van der Waals surface area (Å²) in [5, 5.41) is 3.23. The van der Waals surface area contributed by atoms with Crippen LogP contribution >= 0.6 is 11.3 Å². The van der Waals surface area contributed by atoms with Gasteiger partial charge in [0.1, 0.15) is 16.3 Å². The Morgan fingerprint density at radius 3 is 2.47 bits per heavy atom. The lowest BCUT2D eigenvalue weighted by Crippen LogP contribution is -2.47. The summed E-state index contributed by atoms with van der Waals surface area (Å²) in [7, 11) is 3.44. The molecule has 1 N–H and O–H groups in total. The number of piperazine rings is 1. The molecule has 1 fully saturated rings. The Kier molecular flexibility index (Phi) is 6.50. The third kappa shape index (κ3) is 4.71. The molecule has 0 radical (unpaired) electrons. The van der Waals surface area contributed by atoms with Gasteiger partial charge in [-0.3, -0.25) is 9.59 Å². The third-order valence-corrected chi connectivity index (χ3v) is 6.99. The standard InChI is InChI=1S/C23H23F3N4O3S/c1-13-15-5-7-18(23(24,25)26)28-21(15)34-19(13)20(31)27-16-12-14(4-6-17(16)33-3)22(32)30-10-8-29(2)9-11-30/h4-7,12H,8-11H2,1-3H3,(H,27,31). The summed E-state index contributed by atoms with van der Waals surface area (Å²) in [5.41, 5.74) is 0.228. The van der Waals surface area contributed by atoms with Crippen molar-refractivity contribution in [2.45, 2.75) is 13.1 Å². The maximum Gasteiger partial charge on any atom is 0.433 e. The number of thiophene rings is 1. The van der Waals surface area contributed by atoms with Crippen molar-refractivity contribution in [3.05, 3.63) is 52.0 Å². The van der Waals surface area contributed by atoms with Crippen LogP contribution in [0.15, 0.2) is 30.3 Å². The van der Waals surface area contributed by atoms with Crippen LogP contribution in [0.2, 0.25) is 0 Å². The van der Waals surface area contributed by atoms with E-state index in [0.29, 0.717) is 41.0 Å². The van der Waals surface area contributed by atoms with Gasteiger partial charge in [-0.1, -0.05) is 0 Å². The molecule has 0 spiro atoms. The Hall–Kier alpha value is -3.18. The van der Waals surface area contributed by atoms with E-state index >= 15 is 0 Å². The largest absolute Gasteiger partial charge is 0.495 e. The molecule has 2 amide bonds. The molecule has 1 aromatic carbocycles. The summed E-state index contributed by atoms with van der Waals surface area (Å²) < 4.78 is 44.4. The minimum atomic E-state index is -4.57. The number of aryl methyl sites for hydroxylation is 1. The second-order valence-electron chi connectivity index (χ2n) is 8.07. The van der Waals surface area contributed by atoms with Gasteiger partial charge in [0.15, 0.2) is 0 Å². The van der Waals surface area contributed by atoms with E-state index in [1.54, 1.807) is 30.0 Å². The number of halogens is 3. The van der Waals surface area contributed by atoms with Crippen molar-refractivity contribution >= 4 is 39.1 Å². The van der Waals surface area contributed by atoms with Crippen LogP contribution in [0.25, 0.3) is 10.2 Å². The Bertz CT molecular complexity index is 1250. The molecule has 4 rings (SSSR count). The Morgan fingerprint density at radius 2 is 1.82 bits per heavy atom. The number of amides is 2. The molecule has 2 aromatic heterocycles. The second-order valence-corrected chi connectivity index (χ2v) is 9.07. The molecule has 11 heteroatoms. The summed E-state index contributed by atoms with van der Waals surface area (Å²) >= 11 is 0.885. The number of methoxy groups -OCH3 is 1. The van der Waals surface area contributed by atoms with Gasteiger partial charge in [0.05, 0.1) is 17.7 Å². The van der Waals surface area contributed by atoms with Crippen LogP contribution in [-0.2, 0) is 6.18 Å². The average molecular weight is 493 g/mol. The van der Waals surface area contributed by atoms with Gasteiger partial charge in [0.25, 0.3) is 11.8 Å². The second kappa shape index (κ2) is 9.22. The molecular formula is C23H23F3N4O3S. The lowest BCUT2D eigenvalue weighted by molar-refractivity contribution is -0.140. The first-order chi connectivity index (χ1) is 16.1. The third-order valence-electron chi connectivity index (χ3n) is 5.79. The van der Waals surface area contributed by atoms with Gasteiger partial charge in [-0.15, -0.1) is 11.3 Å². The van der Waals surface area contributed by atoms with Gasteiger partial charge in [-0.05, 0) is 49.9 Å². The van der Waals surface area contributed by atoms with Crippen LogP contribution in [0.3, 0.4) is 0 Å². The van der Waals surface area contributed by atoms with Gasteiger partial charge in [0, 0.05) is 37.1 Å². The van der Waals surface area contributed by atoms with Crippen LogP contribution in [0.1, 0.15) is 31.3 Å². The molecule has 180 valence electrons. The fraction of sp³-hybridized carbons (Fsp3) is 0.348. The monoisotopic (exact) mass is 492 g/mol. The molecule has 0 atom stereocenters. The number of alkyl halides is 3. The summed E-state index contributed by atoms with van der Waals surface area (Å²) in [6.45, 7) is 4.43. The molecule has 0 saturated carbocycles. The van der Waals surface area contributed by atoms with Crippen molar-refractivity contribution in [3.8, 4) is 5.75 Å². The number of hydrogen-bond acceptors (Lipinski definition) is 6. The molecule has 3 heterocycles. The van der Waals surface area contributed by atoms with Crippen LogP contribution in [0.4, 0.5) is 18.9 Å². The number of pyridine rings is 1. The van der Waals surface area contributed by atoms with Gasteiger partial charge in [0.2, 0.25) is 0 Å². The number of nitrogens with zero attached hydrogens (tertiary/aromatic N) is 3. The SMILES string of the molecule is COc1ccc(C(=O)N2CCN(C)CC2)cc1NC(=O)c1sc2nc(C(F)(F)F)ccc2c1C. The lowest BCUT2D eigenvalue weighted by atomic mass is 10.1. The van der Waals surface area contributed by atoms with Gasteiger partial charge in [-0.2, -0.15) is 13.2 Å². The van der Waals surface area contributed by atoms with E-state index in [1.807, 2.05) is 7.05 Å². The van der Waals surface area contributed by atoms with E-state index in [1.165, 1.54) is 13.2 Å². The van der Waals surface area contributed by atoms with E-state index in [9.17, 15) is 22.8 Å². The molecule has 0 bridgehead atoms. The van der Waals surface area contributed by atoms with Gasteiger partial charge >= 0.3 is 6.18 Å². The zero-order chi connectivity index (χ0) is 24.6. The highest BCUT2D eigenvalue weighted by molar-refractivity contribution is 7.20. The topological polar surface area (TPSA) is 74.8 Å². The lowest BCUT2D eigenvalue weighted by Gasteiger charge is -2.32. The highest BCUT2D eigenvalue weighted by Gasteiger charge is 2.33. The first kappa shape index (κ1) is 24.0. The number of rotatable bonds is 4. The minimum absolute atomic E-state index is 0.128. The van der Waals surface area contributed by atoms with E-state index in [2.05, 4.69) is 15.2 Å². The number of likely N-dealkylation sites (N-methyl/N-ethyl adjacent to an activating group) is 1. The van der Waals surface area contributed by atoms with Crippen molar-refractivity contribution in [1.29, 1.82) is 0 Å². The molecule has 34 heavy (non-hydrogen) atoms. The maximum atomic E-state index is 13.1. The number of benzene rings is 1. The number of ether oxygens (including phenoxy) is 1. The number of nitrogens with one attached hydrogen (secondary N) is 1. The van der Waals surface area contributed by atoms with Crippen molar-refractivity contribution < 1.29 is 27.5 Å². The van der Waals surface area contributed by atoms with Crippen LogP contribution in [0.5, 0.6) is 5.75 Å². The zero-order valence-corrected chi connectivity index (χ0v) is 19.6. The van der Waals surface area contributed by atoms with Crippen LogP contribution in [0, 0.1) is 6.92 Å². The normalized spacial score (nSPS) is 14.9. The minimum Gasteiger partial charge on any atom is -0.495 e. The molecule has 7 nitrogen and oxygen atoms in total. The fourth-order valence-electron chi connectivity index (χ4n) is 3.78. The predicted molar refractivity (Wildman–Crippen MR) is 124 cm³/mol. The van der Waals surface area contributed by atoms with Crippen LogP contribution < -0.4 is 10.1 Å². The number of anilines is 1. The number of carbonyl (C=O) groups is 2. The maximum absolute atomic E-state index is 13.1. The molecule has 0 aliphatic carbocycles. The first-order valence-electron chi connectivity index (χ1n) is 10.5. The first-order valence-corrected chi connectivity index (χ1v) is 11.3. The highest BCUT2D eigenvalue weighted by Crippen LogP contribution is 2.35. The highest BCUT2D eigenvalue weighted by atomic mass is 32.1. The Morgan fingerprint density at radius 1 is 1.12 bits per heavy atom. The van der Waals surface area contributed by atoms with E-state index < -0.39 is 17.8 Å². The van der Waals surface area contributed by atoms with Gasteiger partial charge in [-0.25, -0.2) is 4.98 Å². The summed E-state index contributed by atoms with van der Waals surface area (Å²) in [6.07, 6.45) is -4.57.